The number of carbonyl (C=O) groups is 2. The zero-order valence-corrected chi connectivity index (χ0v) is 19.1. The molecule has 2 amide bonds. The van der Waals surface area contributed by atoms with Crippen molar-refractivity contribution in [2.45, 2.75) is 44.2 Å². The molecule has 2 aliphatic heterocycles. The van der Waals surface area contributed by atoms with Gasteiger partial charge in [-0.3, -0.25) is 9.59 Å². The smallest absolute Gasteiger partial charge is 0.265 e. The number of amides is 2. The first-order valence-corrected chi connectivity index (χ1v) is 12.0. The highest BCUT2D eigenvalue weighted by Gasteiger charge is 2.35. The van der Waals surface area contributed by atoms with Crippen molar-refractivity contribution < 1.29 is 27.2 Å². The van der Waals surface area contributed by atoms with Crippen molar-refractivity contribution in [1.29, 1.82) is 0 Å². The molecule has 0 aliphatic carbocycles. The summed E-state index contributed by atoms with van der Waals surface area (Å²) in [5.74, 6) is 0.533. The molecule has 32 heavy (non-hydrogen) atoms. The fourth-order valence-corrected chi connectivity index (χ4v) is 5.82. The normalized spacial score (nSPS) is 19.7. The van der Waals surface area contributed by atoms with Gasteiger partial charge in [0, 0.05) is 32.1 Å². The number of fused-ring (bicyclic) bond motifs is 1. The largest absolute Gasteiger partial charge is 0.479 e. The van der Waals surface area contributed by atoms with Gasteiger partial charge in [0.15, 0.2) is 6.10 Å². The maximum absolute atomic E-state index is 13.3. The highest BCUT2D eigenvalue weighted by Crippen LogP contribution is 2.36. The second-order valence-electron chi connectivity index (χ2n) is 8.32. The van der Waals surface area contributed by atoms with Crippen LogP contribution in [0.1, 0.15) is 31.1 Å². The van der Waals surface area contributed by atoms with Crippen LogP contribution < -0.4 is 10.1 Å². The topological polar surface area (TPSA) is 109 Å². The number of piperidine rings is 1. The number of furan rings is 1. The summed E-state index contributed by atoms with van der Waals surface area (Å²) >= 11 is 0. The van der Waals surface area contributed by atoms with E-state index in [1.165, 1.54) is 10.4 Å². The van der Waals surface area contributed by atoms with E-state index in [1.54, 1.807) is 44.2 Å². The number of rotatable bonds is 5. The Labute approximate surface area is 187 Å². The summed E-state index contributed by atoms with van der Waals surface area (Å²) in [7, 11) is -2.04. The number of anilines is 1. The number of nitrogens with one attached hydrogen (secondary N) is 1. The molecule has 3 heterocycles. The van der Waals surface area contributed by atoms with Gasteiger partial charge in [-0.2, -0.15) is 4.31 Å². The van der Waals surface area contributed by atoms with Crippen LogP contribution in [0, 0.1) is 12.8 Å². The van der Waals surface area contributed by atoms with Crippen LogP contribution in [0.25, 0.3) is 0 Å². The predicted octanol–water partition coefficient (Wildman–Crippen LogP) is 2.37. The van der Waals surface area contributed by atoms with Crippen LogP contribution in [0.3, 0.4) is 0 Å². The lowest BCUT2D eigenvalue weighted by atomic mass is 9.96. The first kappa shape index (κ1) is 22.3. The lowest BCUT2D eigenvalue weighted by Gasteiger charge is -2.33. The van der Waals surface area contributed by atoms with Gasteiger partial charge in [-0.1, -0.05) is 0 Å². The van der Waals surface area contributed by atoms with Crippen LogP contribution in [-0.4, -0.2) is 55.7 Å². The molecule has 2 aliphatic rings. The van der Waals surface area contributed by atoms with Crippen molar-refractivity contribution in [2.24, 2.45) is 5.92 Å². The number of nitrogens with zero attached hydrogens (tertiary/aromatic N) is 2. The molecule has 0 spiro atoms. The first-order valence-electron chi connectivity index (χ1n) is 10.6. The van der Waals surface area contributed by atoms with Gasteiger partial charge in [0.25, 0.3) is 5.91 Å². The van der Waals surface area contributed by atoms with Gasteiger partial charge < -0.3 is 19.4 Å². The minimum absolute atomic E-state index is 0.0125. The Morgan fingerprint density at radius 2 is 2.00 bits per heavy atom. The van der Waals surface area contributed by atoms with Gasteiger partial charge in [0.1, 0.15) is 11.5 Å². The predicted molar refractivity (Wildman–Crippen MR) is 117 cm³/mol. The van der Waals surface area contributed by atoms with Crippen LogP contribution in [-0.2, 0) is 26.2 Å². The number of aryl methyl sites for hydroxylation is 1. The lowest BCUT2D eigenvalue weighted by Crippen LogP contribution is -2.43. The Kier molecular flexibility index (Phi) is 6.00. The van der Waals surface area contributed by atoms with E-state index in [0.29, 0.717) is 42.1 Å². The molecule has 1 aromatic carbocycles. The fraction of sp³-hybridized carbons (Fsp3) is 0.455. The number of hydrogen-bond acceptors (Lipinski definition) is 6. The molecular formula is C22H27N3O6S. The van der Waals surface area contributed by atoms with E-state index in [1.807, 2.05) is 6.07 Å². The average Bonchev–Trinajstić information content (AvgIpc) is 3.27. The van der Waals surface area contributed by atoms with Gasteiger partial charge in [-0.15, -0.1) is 0 Å². The van der Waals surface area contributed by atoms with E-state index in [4.69, 9.17) is 9.15 Å². The first-order chi connectivity index (χ1) is 15.2. The third-order valence-electron chi connectivity index (χ3n) is 5.98. The molecule has 1 fully saturated rings. The minimum Gasteiger partial charge on any atom is -0.479 e. The van der Waals surface area contributed by atoms with E-state index < -0.39 is 16.1 Å². The molecule has 0 radical (unpaired) electrons. The Hall–Kier alpha value is -2.85. The molecule has 1 saturated heterocycles. The van der Waals surface area contributed by atoms with Gasteiger partial charge in [-0.05, 0) is 50.5 Å². The Morgan fingerprint density at radius 3 is 2.66 bits per heavy atom. The van der Waals surface area contributed by atoms with Crippen LogP contribution in [0.5, 0.6) is 5.75 Å². The molecule has 1 N–H and O–H groups in total. The lowest BCUT2D eigenvalue weighted by molar-refractivity contribution is -0.136. The Morgan fingerprint density at radius 1 is 1.28 bits per heavy atom. The molecule has 1 aromatic heterocycles. The number of hydrogen-bond donors (Lipinski definition) is 1. The van der Waals surface area contributed by atoms with Gasteiger partial charge in [-0.25, -0.2) is 8.42 Å². The van der Waals surface area contributed by atoms with Crippen molar-refractivity contribution in [2.75, 3.05) is 25.5 Å². The van der Waals surface area contributed by atoms with E-state index >= 15 is 0 Å². The zero-order chi connectivity index (χ0) is 23.0. The SMILES string of the molecule is Cc1cc2c(cc1S(=O)(=O)N1CCC(C(=O)N(C)Cc3ccco3)CC1)OC(C)C(=O)N2. The average molecular weight is 462 g/mol. The standard InChI is InChI=1S/C22H27N3O6S/c1-14-11-18-19(31-15(2)21(26)23-18)12-20(14)32(28,29)25-8-6-16(7-9-25)22(27)24(3)13-17-5-4-10-30-17/h4-5,10-12,15-16H,6-9,13H2,1-3H3,(H,23,26). The van der Waals surface area contributed by atoms with E-state index in [0.717, 1.165) is 0 Å². The van der Waals surface area contributed by atoms with Gasteiger partial charge >= 0.3 is 0 Å². The van der Waals surface area contributed by atoms with Gasteiger partial charge in [0.05, 0.1) is 23.4 Å². The molecule has 2 aromatic rings. The molecule has 9 nitrogen and oxygen atoms in total. The summed E-state index contributed by atoms with van der Waals surface area (Å²) in [5, 5.41) is 2.73. The monoisotopic (exact) mass is 461 g/mol. The van der Waals surface area contributed by atoms with Gasteiger partial charge in [0.2, 0.25) is 15.9 Å². The van der Waals surface area contributed by atoms with E-state index in [-0.39, 0.29) is 35.7 Å². The van der Waals surface area contributed by atoms with Crippen molar-refractivity contribution in [1.82, 2.24) is 9.21 Å². The van der Waals surface area contributed by atoms with Crippen molar-refractivity contribution in [3.8, 4) is 5.75 Å². The summed E-state index contributed by atoms with van der Waals surface area (Å²) in [5.41, 5.74) is 0.993. The van der Waals surface area contributed by atoms with Crippen molar-refractivity contribution in [3.05, 3.63) is 41.9 Å². The van der Waals surface area contributed by atoms with Crippen molar-refractivity contribution in [3.63, 3.8) is 0 Å². The van der Waals surface area contributed by atoms with Crippen LogP contribution in [0.4, 0.5) is 5.69 Å². The zero-order valence-electron chi connectivity index (χ0n) is 18.3. The maximum Gasteiger partial charge on any atom is 0.265 e. The number of ether oxygens (including phenoxy) is 1. The van der Waals surface area contributed by atoms with Crippen LogP contribution >= 0.6 is 0 Å². The third-order valence-corrected chi connectivity index (χ3v) is 8.02. The number of sulfonamides is 1. The molecule has 10 heteroatoms. The minimum atomic E-state index is -3.77. The molecule has 0 saturated carbocycles. The van der Waals surface area contributed by atoms with Crippen LogP contribution in [0.2, 0.25) is 0 Å². The van der Waals surface area contributed by atoms with E-state index in [9.17, 15) is 18.0 Å². The maximum atomic E-state index is 13.3. The summed E-state index contributed by atoms with van der Waals surface area (Å²) in [4.78, 5) is 26.4. The summed E-state index contributed by atoms with van der Waals surface area (Å²) < 4.78 is 39.0. The Balaban J connectivity index is 1.45. The number of carbonyl (C=O) groups excluding carboxylic acids is 2. The van der Waals surface area contributed by atoms with E-state index in [2.05, 4.69) is 5.32 Å². The summed E-state index contributed by atoms with van der Waals surface area (Å²) in [6, 6.07) is 6.69. The highest BCUT2D eigenvalue weighted by molar-refractivity contribution is 7.89. The second-order valence-corrected chi connectivity index (χ2v) is 10.2. The van der Waals surface area contributed by atoms with Crippen molar-refractivity contribution >= 4 is 27.5 Å². The molecule has 4 rings (SSSR count). The Bertz CT molecular complexity index is 1120. The summed E-state index contributed by atoms with van der Waals surface area (Å²) in [6.07, 6.45) is 1.78. The highest BCUT2D eigenvalue weighted by atomic mass is 32.2. The fourth-order valence-electron chi connectivity index (χ4n) is 4.13. The molecule has 1 atom stereocenters. The molecular weight excluding hydrogens is 434 g/mol. The second kappa shape index (κ2) is 8.59. The molecule has 1 unspecified atom stereocenters. The third kappa shape index (κ3) is 4.24. The summed E-state index contributed by atoms with van der Waals surface area (Å²) in [6.45, 7) is 4.21. The number of benzene rings is 1. The van der Waals surface area contributed by atoms with Crippen LogP contribution in [0.15, 0.2) is 39.8 Å². The molecule has 0 bridgehead atoms. The molecule has 172 valence electrons. The quantitative estimate of drug-likeness (QED) is 0.732.